The SMILES string of the molecule is COc1cccc(C(=O)NCc2nnc(SCC(=O)Nc3nccs3)n2-c2ccccc2OC)c1. The van der Waals surface area contributed by atoms with Gasteiger partial charge >= 0.3 is 0 Å². The van der Waals surface area contributed by atoms with Crippen molar-refractivity contribution in [2.24, 2.45) is 0 Å². The zero-order valence-electron chi connectivity index (χ0n) is 18.9. The molecule has 2 aromatic heterocycles. The summed E-state index contributed by atoms with van der Waals surface area (Å²) in [6.45, 7) is 0.104. The summed E-state index contributed by atoms with van der Waals surface area (Å²) in [6.07, 6.45) is 1.62. The molecule has 4 aromatic rings. The van der Waals surface area contributed by atoms with Gasteiger partial charge in [-0.05, 0) is 30.3 Å². The zero-order valence-corrected chi connectivity index (χ0v) is 20.6. The monoisotopic (exact) mass is 510 g/mol. The first-order valence-corrected chi connectivity index (χ1v) is 12.3. The highest BCUT2D eigenvalue weighted by molar-refractivity contribution is 7.99. The summed E-state index contributed by atoms with van der Waals surface area (Å²) in [5.74, 6) is 1.27. The Morgan fingerprint density at radius 1 is 1.09 bits per heavy atom. The van der Waals surface area contributed by atoms with Gasteiger partial charge in [-0.2, -0.15) is 0 Å². The summed E-state index contributed by atoms with van der Waals surface area (Å²) in [5.41, 5.74) is 1.15. The van der Waals surface area contributed by atoms with Crippen molar-refractivity contribution in [2.45, 2.75) is 11.7 Å². The van der Waals surface area contributed by atoms with Crippen molar-refractivity contribution in [3.05, 3.63) is 71.5 Å². The van der Waals surface area contributed by atoms with Crippen LogP contribution in [0, 0.1) is 0 Å². The van der Waals surface area contributed by atoms with Crippen LogP contribution in [0.25, 0.3) is 5.69 Å². The molecule has 0 aliphatic heterocycles. The second-order valence-corrected chi connectivity index (χ2v) is 8.83. The number of methoxy groups -OCH3 is 2. The second-order valence-electron chi connectivity index (χ2n) is 6.99. The van der Waals surface area contributed by atoms with Crippen molar-refractivity contribution >= 4 is 40.0 Å². The van der Waals surface area contributed by atoms with Gasteiger partial charge in [0.25, 0.3) is 5.91 Å². The van der Waals surface area contributed by atoms with Crippen molar-refractivity contribution < 1.29 is 19.1 Å². The zero-order chi connectivity index (χ0) is 24.6. The predicted octanol–water partition coefficient (Wildman–Crippen LogP) is 3.40. The Morgan fingerprint density at radius 3 is 2.71 bits per heavy atom. The number of thioether (sulfide) groups is 1. The number of anilines is 1. The van der Waals surface area contributed by atoms with Crippen LogP contribution in [-0.4, -0.2) is 51.5 Å². The molecule has 0 aliphatic carbocycles. The van der Waals surface area contributed by atoms with Crippen molar-refractivity contribution in [1.82, 2.24) is 25.1 Å². The van der Waals surface area contributed by atoms with Crippen molar-refractivity contribution in [3.63, 3.8) is 0 Å². The number of carbonyl (C=O) groups is 2. The molecule has 0 saturated carbocycles. The molecule has 0 spiro atoms. The third kappa shape index (κ3) is 5.97. The lowest BCUT2D eigenvalue weighted by molar-refractivity contribution is -0.113. The molecule has 0 saturated heterocycles. The molecule has 180 valence electrons. The van der Waals surface area contributed by atoms with Crippen LogP contribution in [-0.2, 0) is 11.3 Å². The van der Waals surface area contributed by atoms with E-state index in [4.69, 9.17) is 9.47 Å². The van der Waals surface area contributed by atoms with Crippen LogP contribution in [0.2, 0.25) is 0 Å². The van der Waals surface area contributed by atoms with Gasteiger partial charge in [-0.25, -0.2) is 4.98 Å². The first-order chi connectivity index (χ1) is 17.1. The first kappa shape index (κ1) is 24.2. The van der Waals surface area contributed by atoms with E-state index in [9.17, 15) is 9.59 Å². The van der Waals surface area contributed by atoms with Gasteiger partial charge in [0, 0.05) is 17.1 Å². The van der Waals surface area contributed by atoms with Crippen LogP contribution in [0.4, 0.5) is 5.13 Å². The van der Waals surface area contributed by atoms with Crippen LogP contribution < -0.4 is 20.1 Å². The Labute approximate surface area is 209 Å². The quantitative estimate of drug-likeness (QED) is 0.312. The molecule has 0 atom stereocenters. The Balaban J connectivity index is 1.55. The number of hydrogen-bond donors (Lipinski definition) is 2. The number of nitrogens with one attached hydrogen (secondary N) is 2. The van der Waals surface area contributed by atoms with E-state index in [1.54, 1.807) is 54.6 Å². The molecule has 0 fully saturated rings. The van der Waals surface area contributed by atoms with Gasteiger partial charge < -0.3 is 20.1 Å². The molecule has 0 aliphatic rings. The second kappa shape index (κ2) is 11.5. The van der Waals surface area contributed by atoms with E-state index in [-0.39, 0.29) is 24.1 Å². The number of hydrogen-bond acceptors (Lipinski definition) is 9. The van der Waals surface area contributed by atoms with Crippen LogP contribution in [0.15, 0.2) is 65.3 Å². The third-order valence-electron chi connectivity index (χ3n) is 4.78. The highest BCUT2D eigenvalue weighted by Gasteiger charge is 2.19. The standard InChI is InChI=1S/C23H22N6O4S2/c1-32-16-7-5-6-15(12-16)21(31)25-13-19-27-28-23(29(19)17-8-3-4-9-18(17)33-2)35-14-20(30)26-22-24-10-11-34-22/h3-12H,13-14H2,1-2H3,(H,25,31)(H,24,26,30). The molecule has 4 rings (SSSR count). The van der Waals surface area contributed by atoms with E-state index in [0.717, 1.165) is 0 Å². The predicted molar refractivity (Wildman–Crippen MR) is 134 cm³/mol. The maximum absolute atomic E-state index is 12.7. The molecule has 0 radical (unpaired) electrons. The Hall–Kier alpha value is -3.90. The maximum atomic E-state index is 12.7. The number of benzene rings is 2. The van der Waals surface area contributed by atoms with E-state index in [1.807, 2.05) is 24.3 Å². The van der Waals surface area contributed by atoms with E-state index in [2.05, 4.69) is 25.8 Å². The molecule has 2 heterocycles. The van der Waals surface area contributed by atoms with Gasteiger partial charge in [0.1, 0.15) is 11.5 Å². The van der Waals surface area contributed by atoms with Gasteiger partial charge in [0.2, 0.25) is 5.91 Å². The number of thiazole rings is 1. The average Bonchev–Trinajstić information content (AvgIpc) is 3.55. The van der Waals surface area contributed by atoms with Crippen LogP contribution in [0.3, 0.4) is 0 Å². The fourth-order valence-electron chi connectivity index (χ4n) is 3.16. The fourth-order valence-corrected chi connectivity index (χ4v) is 4.47. The number of para-hydroxylation sites is 2. The Bertz CT molecular complexity index is 1310. The molecule has 2 amide bonds. The lowest BCUT2D eigenvalue weighted by Gasteiger charge is -2.14. The highest BCUT2D eigenvalue weighted by atomic mass is 32.2. The van der Waals surface area contributed by atoms with Crippen molar-refractivity contribution in [2.75, 3.05) is 25.3 Å². The fraction of sp³-hybridized carbons (Fsp3) is 0.174. The molecule has 0 bridgehead atoms. The normalized spacial score (nSPS) is 10.6. The minimum Gasteiger partial charge on any atom is -0.497 e. The highest BCUT2D eigenvalue weighted by Crippen LogP contribution is 2.29. The number of aromatic nitrogens is 4. The van der Waals surface area contributed by atoms with Crippen LogP contribution in [0.5, 0.6) is 11.5 Å². The summed E-state index contributed by atoms with van der Waals surface area (Å²) in [5, 5.41) is 17.0. The van der Waals surface area contributed by atoms with E-state index < -0.39 is 0 Å². The van der Waals surface area contributed by atoms with Gasteiger partial charge in [0.05, 0.1) is 32.2 Å². The van der Waals surface area contributed by atoms with E-state index >= 15 is 0 Å². The van der Waals surface area contributed by atoms with Crippen molar-refractivity contribution in [3.8, 4) is 17.2 Å². The number of carbonyl (C=O) groups excluding carboxylic acids is 2. The summed E-state index contributed by atoms with van der Waals surface area (Å²) in [6, 6.07) is 14.3. The third-order valence-corrected chi connectivity index (χ3v) is 6.39. The smallest absolute Gasteiger partial charge is 0.251 e. The Morgan fingerprint density at radius 2 is 1.94 bits per heavy atom. The van der Waals surface area contributed by atoms with Gasteiger partial charge in [0.15, 0.2) is 16.1 Å². The molecule has 10 nitrogen and oxygen atoms in total. The largest absolute Gasteiger partial charge is 0.497 e. The molecule has 35 heavy (non-hydrogen) atoms. The number of nitrogens with zero attached hydrogens (tertiary/aromatic N) is 4. The number of rotatable bonds is 10. The summed E-state index contributed by atoms with van der Waals surface area (Å²) >= 11 is 2.56. The lowest BCUT2D eigenvalue weighted by Crippen LogP contribution is -2.24. The first-order valence-electron chi connectivity index (χ1n) is 10.4. The van der Waals surface area contributed by atoms with Gasteiger partial charge in [-0.1, -0.05) is 30.0 Å². The van der Waals surface area contributed by atoms with Crippen LogP contribution in [0.1, 0.15) is 16.2 Å². The van der Waals surface area contributed by atoms with Crippen molar-refractivity contribution in [1.29, 1.82) is 0 Å². The molecular weight excluding hydrogens is 488 g/mol. The number of amides is 2. The van der Waals surface area contributed by atoms with Crippen LogP contribution >= 0.6 is 23.1 Å². The summed E-state index contributed by atoms with van der Waals surface area (Å²) in [4.78, 5) is 29.1. The molecule has 2 N–H and O–H groups in total. The minimum atomic E-state index is -0.282. The Kier molecular flexibility index (Phi) is 7.95. The van der Waals surface area contributed by atoms with Gasteiger partial charge in [-0.3, -0.25) is 14.2 Å². The maximum Gasteiger partial charge on any atom is 0.251 e. The van der Waals surface area contributed by atoms with Gasteiger partial charge in [-0.15, -0.1) is 21.5 Å². The molecular formula is C23H22N6O4S2. The summed E-state index contributed by atoms with van der Waals surface area (Å²) in [7, 11) is 3.12. The van der Waals surface area contributed by atoms with E-state index in [0.29, 0.717) is 38.9 Å². The lowest BCUT2D eigenvalue weighted by atomic mass is 10.2. The topological polar surface area (TPSA) is 120 Å². The molecule has 0 unspecified atom stereocenters. The van der Waals surface area contributed by atoms with E-state index in [1.165, 1.54) is 23.1 Å². The molecule has 2 aromatic carbocycles. The number of ether oxygens (including phenoxy) is 2. The molecule has 12 heteroatoms. The minimum absolute atomic E-state index is 0.100. The summed E-state index contributed by atoms with van der Waals surface area (Å²) < 4.78 is 12.5. The average molecular weight is 511 g/mol.